The third-order valence-corrected chi connectivity index (χ3v) is 6.66. The fourth-order valence-electron chi connectivity index (χ4n) is 6.11. The van der Waals surface area contributed by atoms with Crippen LogP contribution < -0.4 is 10.6 Å². The summed E-state index contributed by atoms with van der Waals surface area (Å²) in [5.74, 6) is 2.09. The summed E-state index contributed by atoms with van der Waals surface area (Å²) < 4.78 is 0. The van der Waals surface area contributed by atoms with Crippen LogP contribution in [0.5, 0.6) is 0 Å². The van der Waals surface area contributed by atoms with Crippen molar-refractivity contribution in [2.75, 3.05) is 19.6 Å². The Kier molecular flexibility index (Phi) is 6.11. The van der Waals surface area contributed by atoms with Gasteiger partial charge in [-0.1, -0.05) is 0 Å². The minimum atomic E-state index is -0.199. The molecule has 0 atom stereocenters. The van der Waals surface area contributed by atoms with Gasteiger partial charge in [0, 0.05) is 19.0 Å². The number of amides is 3. The van der Waals surface area contributed by atoms with Crippen LogP contribution in [0.15, 0.2) is 0 Å². The highest BCUT2D eigenvalue weighted by Crippen LogP contribution is 2.61. The quantitative estimate of drug-likeness (QED) is 0.680. The Balaban J connectivity index is 1.45. The summed E-state index contributed by atoms with van der Waals surface area (Å²) in [4.78, 5) is 38.3. The van der Waals surface area contributed by atoms with Crippen LogP contribution in [0.1, 0.15) is 65.7 Å². The van der Waals surface area contributed by atoms with E-state index >= 15 is 0 Å². The molecule has 27 heavy (non-hydrogen) atoms. The summed E-state index contributed by atoms with van der Waals surface area (Å²) in [6, 6.07) is 0.0475. The zero-order chi connectivity index (χ0) is 19.6. The van der Waals surface area contributed by atoms with E-state index in [9.17, 15) is 14.4 Å². The largest absolute Gasteiger partial charge is 0.352 e. The summed E-state index contributed by atoms with van der Waals surface area (Å²) in [6.07, 6.45) is 8.23. The van der Waals surface area contributed by atoms with Gasteiger partial charge in [-0.25, -0.2) is 0 Å². The van der Waals surface area contributed by atoms with Gasteiger partial charge in [0.2, 0.25) is 17.7 Å². The highest BCUT2D eigenvalue weighted by atomic mass is 16.2. The Morgan fingerprint density at radius 3 is 2.04 bits per heavy atom. The van der Waals surface area contributed by atoms with Gasteiger partial charge in [-0.2, -0.15) is 0 Å². The first kappa shape index (κ1) is 20.2. The Labute approximate surface area is 162 Å². The summed E-state index contributed by atoms with van der Waals surface area (Å²) in [5.41, 5.74) is 0.184. The van der Waals surface area contributed by atoms with Crippen molar-refractivity contribution < 1.29 is 14.4 Å². The summed E-state index contributed by atoms with van der Waals surface area (Å²) in [7, 11) is 0. The van der Waals surface area contributed by atoms with Crippen molar-refractivity contribution in [3.8, 4) is 0 Å². The molecular weight excluding hydrogens is 342 g/mol. The standard InChI is InChI=1S/C21H35N3O3/c1-4-24(13-19(26)23-14(2)3)20(27)12-22-18(25)11-21-8-15-5-16(9-21)7-17(6-15)10-21/h14-17H,4-13H2,1-3H3,(H,22,25)(H,23,26). The second-order valence-corrected chi connectivity index (χ2v) is 9.50. The van der Waals surface area contributed by atoms with Crippen molar-refractivity contribution in [3.63, 3.8) is 0 Å². The molecule has 4 aliphatic carbocycles. The van der Waals surface area contributed by atoms with Gasteiger partial charge in [0.1, 0.15) is 0 Å². The van der Waals surface area contributed by atoms with E-state index in [1.807, 2.05) is 20.8 Å². The monoisotopic (exact) mass is 377 g/mol. The average molecular weight is 378 g/mol. The van der Waals surface area contributed by atoms with Crippen LogP contribution >= 0.6 is 0 Å². The number of likely N-dealkylation sites (N-methyl/N-ethyl adjacent to an activating group) is 1. The Morgan fingerprint density at radius 1 is 1.00 bits per heavy atom. The number of nitrogens with one attached hydrogen (secondary N) is 2. The molecule has 4 rings (SSSR count). The molecule has 0 aromatic carbocycles. The third-order valence-electron chi connectivity index (χ3n) is 6.66. The maximum absolute atomic E-state index is 12.5. The highest BCUT2D eigenvalue weighted by molar-refractivity contribution is 5.88. The fourth-order valence-corrected chi connectivity index (χ4v) is 6.11. The third kappa shape index (κ3) is 5.02. The van der Waals surface area contributed by atoms with Gasteiger partial charge in [-0.15, -0.1) is 0 Å². The van der Waals surface area contributed by atoms with Crippen molar-refractivity contribution in [2.24, 2.45) is 23.2 Å². The van der Waals surface area contributed by atoms with Gasteiger partial charge in [-0.05, 0) is 82.5 Å². The molecule has 0 saturated heterocycles. The molecule has 6 heteroatoms. The Bertz CT molecular complexity index is 552. The van der Waals surface area contributed by atoms with Crippen LogP contribution in [-0.2, 0) is 14.4 Å². The summed E-state index contributed by atoms with van der Waals surface area (Å²) in [5, 5.41) is 5.62. The predicted octanol–water partition coefficient (Wildman–Crippen LogP) is 2.08. The van der Waals surface area contributed by atoms with E-state index < -0.39 is 0 Å². The van der Waals surface area contributed by atoms with Gasteiger partial charge in [0.25, 0.3) is 0 Å². The van der Waals surface area contributed by atoms with E-state index in [4.69, 9.17) is 0 Å². The maximum atomic E-state index is 12.5. The first-order valence-electron chi connectivity index (χ1n) is 10.6. The van der Waals surface area contributed by atoms with Crippen LogP contribution in [0, 0.1) is 23.2 Å². The van der Waals surface area contributed by atoms with Gasteiger partial charge < -0.3 is 15.5 Å². The van der Waals surface area contributed by atoms with Crippen molar-refractivity contribution in [3.05, 3.63) is 0 Å². The van der Waals surface area contributed by atoms with Crippen molar-refractivity contribution in [2.45, 2.75) is 71.8 Å². The number of carbonyl (C=O) groups excluding carboxylic acids is 3. The molecule has 4 bridgehead atoms. The minimum absolute atomic E-state index is 0.00650. The van der Waals surface area contributed by atoms with E-state index in [0.717, 1.165) is 17.8 Å². The second-order valence-electron chi connectivity index (χ2n) is 9.50. The van der Waals surface area contributed by atoms with Crippen molar-refractivity contribution >= 4 is 17.7 Å². The molecule has 0 spiro atoms. The van der Waals surface area contributed by atoms with E-state index in [1.54, 1.807) is 0 Å². The van der Waals surface area contributed by atoms with Gasteiger partial charge in [-0.3, -0.25) is 14.4 Å². The zero-order valence-corrected chi connectivity index (χ0v) is 17.1. The normalized spacial score (nSPS) is 31.0. The van der Waals surface area contributed by atoms with Crippen LogP contribution in [0.4, 0.5) is 0 Å². The number of rotatable bonds is 8. The number of hydrogen-bond acceptors (Lipinski definition) is 3. The van der Waals surface area contributed by atoms with Crippen molar-refractivity contribution in [1.82, 2.24) is 15.5 Å². The molecule has 0 radical (unpaired) electrons. The van der Waals surface area contributed by atoms with Crippen molar-refractivity contribution in [1.29, 1.82) is 0 Å². The predicted molar refractivity (Wildman–Crippen MR) is 104 cm³/mol. The first-order valence-corrected chi connectivity index (χ1v) is 10.6. The Morgan fingerprint density at radius 2 is 1.56 bits per heavy atom. The van der Waals surface area contributed by atoms with E-state index in [2.05, 4.69) is 10.6 Å². The molecule has 3 amide bonds. The SMILES string of the molecule is CCN(CC(=O)NC(C)C)C(=O)CNC(=O)CC12CC3CC(CC(C3)C1)C2. The summed E-state index contributed by atoms with van der Waals surface area (Å²) in [6.45, 7) is 6.10. The average Bonchev–Trinajstić information content (AvgIpc) is 2.55. The molecule has 0 aliphatic heterocycles. The van der Waals surface area contributed by atoms with E-state index in [-0.39, 0.29) is 42.3 Å². The van der Waals surface area contributed by atoms with Crippen LogP contribution in [-0.4, -0.2) is 48.3 Å². The summed E-state index contributed by atoms with van der Waals surface area (Å²) >= 11 is 0. The lowest BCUT2D eigenvalue weighted by molar-refractivity contribution is -0.137. The maximum Gasteiger partial charge on any atom is 0.242 e. The van der Waals surface area contributed by atoms with Gasteiger partial charge >= 0.3 is 0 Å². The lowest BCUT2D eigenvalue weighted by Crippen LogP contribution is -2.49. The molecule has 6 nitrogen and oxygen atoms in total. The lowest BCUT2D eigenvalue weighted by atomic mass is 9.49. The molecule has 4 saturated carbocycles. The fraction of sp³-hybridized carbons (Fsp3) is 0.857. The topological polar surface area (TPSA) is 78.5 Å². The second kappa shape index (κ2) is 8.19. The van der Waals surface area contributed by atoms with E-state index in [0.29, 0.717) is 13.0 Å². The van der Waals surface area contributed by atoms with Gasteiger partial charge in [0.15, 0.2) is 0 Å². The molecule has 0 aromatic rings. The van der Waals surface area contributed by atoms with Crippen LogP contribution in [0.3, 0.4) is 0 Å². The number of hydrogen-bond donors (Lipinski definition) is 2. The van der Waals surface area contributed by atoms with Crippen LogP contribution in [0.2, 0.25) is 0 Å². The lowest BCUT2D eigenvalue weighted by Gasteiger charge is -2.56. The number of nitrogens with zero attached hydrogens (tertiary/aromatic N) is 1. The van der Waals surface area contributed by atoms with Crippen LogP contribution in [0.25, 0.3) is 0 Å². The minimum Gasteiger partial charge on any atom is -0.352 e. The first-order chi connectivity index (χ1) is 12.8. The zero-order valence-electron chi connectivity index (χ0n) is 17.1. The molecule has 0 heterocycles. The molecule has 0 unspecified atom stereocenters. The molecular formula is C21H35N3O3. The van der Waals surface area contributed by atoms with Gasteiger partial charge in [0.05, 0.1) is 13.1 Å². The molecule has 0 aromatic heterocycles. The smallest absolute Gasteiger partial charge is 0.242 e. The molecule has 4 aliphatic rings. The van der Waals surface area contributed by atoms with E-state index in [1.165, 1.54) is 43.4 Å². The molecule has 152 valence electrons. The Hall–Kier alpha value is -1.59. The highest BCUT2D eigenvalue weighted by Gasteiger charge is 2.51. The molecule has 4 fully saturated rings. The molecule has 2 N–H and O–H groups in total. The number of carbonyl (C=O) groups is 3.